The highest BCUT2D eigenvalue weighted by Crippen LogP contribution is 2.20. The molecular weight excluding hydrogens is 269 g/mol. The summed E-state index contributed by atoms with van der Waals surface area (Å²) in [6.45, 7) is 2.00. The van der Waals surface area contributed by atoms with Crippen molar-refractivity contribution in [1.29, 1.82) is 0 Å². The molecule has 2 aromatic rings. The van der Waals surface area contributed by atoms with Gasteiger partial charge in [0.25, 0.3) is 0 Å². The number of benzene rings is 1. The summed E-state index contributed by atoms with van der Waals surface area (Å²) in [6.07, 6.45) is 1.71. The van der Waals surface area contributed by atoms with Crippen LogP contribution in [0.1, 0.15) is 21.6 Å². The molecule has 0 amide bonds. The summed E-state index contributed by atoms with van der Waals surface area (Å²) in [4.78, 5) is 16.0. The standard InChI is InChI=1S/C14H11Cl2NO/c1-9-2-4-10(5-3-9)6-13(18)14-12(16)7-11(15)8-17-14/h2-5,7-8H,6H2,1H3. The predicted octanol–water partition coefficient (Wildman–Crippen LogP) is 4.12. The fourth-order valence-electron chi connectivity index (χ4n) is 1.59. The minimum Gasteiger partial charge on any atom is -0.292 e. The summed E-state index contributed by atoms with van der Waals surface area (Å²) < 4.78 is 0. The second-order valence-electron chi connectivity index (χ2n) is 4.07. The number of aryl methyl sites for hydroxylation is 1. The number of Topliss-reactive ketones (excluding diaryl/α,β-unsaturated/α-hetero) is 1. The number of aromatic nitrogens is 1. The largest absolute Gasteiger partial charge is 0.292 e. The summed E-state index contributed by atoms with van der Waals surface area (Å²) in [6, 6.07) is 9.33. The minimum absolute atomic E-state index is 0.111. The van der Waals surface area contributed by atoms with E-state index in [4.69, 9.17) is 23.2 Å². The van der Waals surface area contributed by atoms with Gasteiger partial charge in [0.2, 0.25) is 0 Å². The molecule has 0 saturated heterocycles. The molecule has 2 nitrogen and oxygen atoms in total. The Bertz CT molecular complexity index is 579. The van der Waals surface area contributed by atoms with Crippen molar-refractivity contribution in [2.45, 2.75) is 13.3 Å². The number of ketones is 1. The fourth-order valence-corrected chi connectivity index (χ4v) is 2.08. The zero-order valence-corrected chi connectivity index (χ0v) is 11.3. The summed E-state index contributed by atoms with van der Waals surface area (Å²) in [5.41, 5.74) is 2.37. The maximum atomic E-state index is 12.0. The Labute approximate surface area is 116 Å². The molecule has 0 aliphatic carbocycles. The first-order chi connectivity index (χ1) is 8.56. The summed E-state index contributed by atoms with van der Waals surface area (Å²) in [5.74, 6) is -0.111. The summed E-state index contributed by atoms with van der Waals surface area (Å²) in [5, 5.41) is 0.714. The minimum atomic E-state index is -0.111. The van der Waals surface area contributed by atoms with Gasteiger partial charge >= 0.3 is 0 Å². The zero-order valence-electron chi connectivity index (χ0n) is 9.78. The molecule has 4 heteroatoms. The smallest absolute Gasteiger partial charge is 0.187 e. The van der Waals surface area contributed by atoms with Gasteiger partial charge in [0.1, 0.15) is 5.69 Å². The lowest BCUT2D eigenvalue weighted by Crippen LogP contribution is -2.06. The molecule has 0 fully saturated rings. The Morgan fingerprint density at radius 1 is 1.22 bits per heavy atom. The number of carbonyl (C=O) groups is 1. The van der Waals surface area contributed by atoms with E-state index in [1.54, 1.807) is 0 Å². The number of pyridine rings is 1. The van der Waals surface area contributed by atoms with E-state index in [9.17, 15) is 4.79 Å². The van der Waals surface area contributed by atoms with E-state index < -0.39 is 0 Å². The average molecular weight is 280 g/mol. The Morgan fingerprint density at radius 3 is 2.50 bits per heavy atom. The van der Waals surface area contributed by atoms with Crippen molar-refractivity contribution in [3.05, 3.63) is 63.4 Å². The van der Waals surface area contributed by atoms with E-state index in [2.05, 4.69) is 4.98 Å². The van der Waals surface area contributed by atoms with Crippen molar-refractivity contribution in [1.82, 2.24) is 4.98 Å². The van der Waals surface area contributed by atoms with Gasteiger partial charge in [-0.05, 0) is 18.6 Å². The van der Waals surface area contributed by atoms with Crippen molar-refractivity contribution >= 4 is 29.0 Å². The van der Waals surface area contributed by atoms with Gasteiger partial charge in [-0.3, -0.25) is 4.79 Å². The molecule has 0 aliphatic heterocycles. The molecule has 0 unspecified atom stereocenters. The van der Waals surface area contributed by atoms with E-state index in [0.29, 0.717) is 10.0 Å². The molecule has 2 rings (SSSR count). The Balaban J connectivity index is 2.19. The van der Waals surface area contributed by atoms with Crippen LogP contribution in [0, 0.1) is 6.92 Å². The monoisotopic (exact) mass is 279 g/mol. The van der Waals surface area contributed by atoms with Gasteiger partial charge in [0, 0.05) is 12.6 Å². The van der Waals surface area contributed by atoms with Crippen molar-refractivity contribution < 1.29 is 4.79 Å². The van der Waals surface area contributed by atoms with Gasteiger partial charge in [-0.25, -0.2) is 4.98 Å². The molecule has 0 spiro atoms. The third-order valence-corrected chi connectivity index (χ3v) is 3.05. The molecule has 0 N–H and O–H groups in total. The van der Waals surface area contributed by atoms with Crippen molar-refractivity contribution in [3.8, 4) is 0 Å². The number of rotatable bonds is 3. The highest BCUT2D eigenvalue weighted by atomic mass is 35.5. The van der Waals surface area contributed by atoms with Crippen LogP contribution in [0.15, 0.2) is 36.5 Å². The topological polar surface area (TPSA) is 30.0 Å². The third-order valence-electron chi connectivity index (χ3n) is 2.56. The second kappa shape index (κ2) is 5.51. The quantitative estimate of drug-likeness (QED) is 0.791. The highest BCUT2D eigenvalue weighted by Gasteiger charge is 2.13. The molecule has 0 aliphatic rings. The van der Waals surface area contributed by atoms with E-state index >= 15 is 0 Å². The van der Waals surface area contributed by atoms with Gasteiger partial charge in [0.05, 0.1) is 10.0 Å². The van der Waals surface area contributed by atoms with Crippen LogP contribution in [-0.4, -0.2) is 10.8 Å². The molecule has 92 valence electrons. The van der Waals surface area contributed by atoms with Gasteiger partial charge in [-0.1, -0.05) is 53.0 Å². The van der Waals surface area contributed by atoms with Gasteiger partial charge in [0.15, 0.2) is 5.78 Å². The zero-order chi connectivity index (χ0) is 13.1. The summed E-state index contributed by atoms with van der Waals surface area (Å²) >= 11 is 11.7. The number of nitrogens with zero attached hydrogens (tertiary/aromatic N) is 1. The maximum Gasteiger partial charge on any atom is 0.187 e. The van der Waals surface area contributed by atoms with Crippen LogP contribution in [0.2, 0.25) is 10.0 Å². The molecule has 1 aromatic heterocycles. The lowest BCUT2D eigenvalue weighted by molar-refractivity contribution is 0.0988. The predicted molar refractivity (Wildman–Crippen MR) is 73.5 cm³/mol. The third kappa shape index (κ3) is 3.09. The number of hydrogen-bond donors (Lipinski definition) is 0. The van der Waals surface area contributed by atoms with E-state index in [0.717, 1.165) is 11.1 Å². The van der Waals surface area contributed by atoms with Crippen LogP contribution in [0.4, 0.5) is 0 Å². The second-order valence-corrected chi connectivity index (χ2v) is 4.91. The van der Waals surface area contributed by atoms with Crippen molar-refractivity contribution in [2.24, 2.45) is 0 Å². The normalized spacial score (nSPS) is 10.4. The highest BCUT2D eigenvalue weighted by molar-refractivity contribution is 6.36. The Morgan fingerprint density at radius 2 is 1.89 bits per heavy atom. The Hall–Kier alpha value is -1.38. The lowest BCUT2D eigenvalue weighted by Gasteiger charge is -2.03. The van der Waals surface area contributed by atoms with Crippen LogP contribution in [0.5, 0.6) is 0 Å². The Kier molecular flexibility index (Phi) is 4.00. The molecule has 0 saturated carbocycles. The lowest BCUT2D eigenvalue weighted by atomic mass is 10.1. The molecule has 1 aromatic carbocycles. The summed E-state index contributed by atoms with van der Waals surface area (Å²) in [7, 11) is 0. The van der Waals surface area contributed by atoms with Gasteiger partial charge in [-0.15, -0.1) is 0 Å². The molecule has 0 radical (unpaired) electrons. The van der Waals surface area contributed by atoms with Crippen LogP contribution in [0.25, 0.3) is 0 Å². The first-order valence-corrected chi connectivity index (χ1v) is 6.21. The van der Waals surface area contributed by atoms with Gasteiger partial charge in [-0.2, -0.15) is 0 Å². The van der Waals surface area contributed by atoms with Crippen molar-refractivity contribution in [3.63, 3.8) is 0 Å². The first-order valence-electron chi connectivity index (χ1n) is 5.46. The molecule has 0 atom stereocenters. The number of carbonyl (C=O) groups excluding carboxylic acids is 1. The van der Waals surface area contributed by atoms with E-state index in [1.165, 1.54) is 12.3 Å². The molecule has 18 heavy (non-hydrogen) atoms. The van der Waals surface area contributed by atoms with Crippen molar-refractivity contribution in [2.75, 3.05) is 0 Å². The molecule has 0 bridgehead atoms. The van der Waals surface area contributed by atoms with E-state index in [-0.39, 0.29) is 17.9 Å². The van der Waals surface area contributed by atoms with Crippen LogP contribution in [0.3, 0.4) is 0 Å². The van der Waals surface area contributed by atoms with Gasteiger partial charge < -0.3 is 0 Å². The van der Waals surface area contributed by atoms with Crippen LogP contribution in [-0.2, 0) is 6.42 Å². The van der Waals surface area contributed by atoms with E-state index in [1.807, 2.05) is 31.2 Å². The molecule has 1 heterocycles. The number of halogens is 2. The van der Waals surface area contributed by atoms with Crippen LogP contribution < -0.4 is 0 Å². The fraction of sp³-hybridized carbons (Fsp3) is 0.143. The molecular formula is C14H11Cl2NO. The first kappa shape index (κ1) is 13.1. The average Bonchev–Trinajstić information content (AvgIpc) is 2.32. The SMILES string of the molecule is Cc1ccc(CC(=O)c2ncc(Cl)cc2Cl)cc1. The number of hydrogen-bond acceptors (Lipinski definition) is 2. The maximum absolute atomic E-state index is 12.0. The van der Waals surface area contributed by atoms with Crippen LogP contribution >= 0.6 is 23.2 Å².